The van der Waals surface area contributed by atoms with Crippen LogP contribution in [0.1, 0.15) is 12.8 Å². The van der Waals surface area contributed by atoms with Crippen molar-refractivity contribution in [1.82, 2.24) is 10.2 Å². The van der Waals surface area contributed by atoms with Crippen LogP contribution < -0.4 is 10.1 Å². The Kier molecular flexibility index (Phi) is 6.51. The fourth-order valence-electron chi connectivity index (χ4n) is 2.31. The third-order valence-electron chi connectivity index (χ3n) is 3.53. The SMILES string of the molecule is C[S@](=O)CCNC(=O)N1CCC(Oc2ccccc2Cl)CC1. The molecule has 0 aromatic heterocycles. The molecule has 1 heterocycles. The van der Waals surface area contributed by atoms with Gasteiger partial charge in [0, 0.05) is 55.3 Å². The molecule has 1 aromatic rings. The molecule has 2 amide bonds. The summed E-state index contributed by atoms with van der Waals surface area (Å²) in [7, 11) is -0.883. The second kappa shape index (κ2) is 8.39. The van der Waals surface area contributed by atoms with Gasteiger partial charge in [-0.3, -0.25) is 4.21 Å². The minimum atomic E-state index is -0.883. The zero-order chi connectivity index (χ0) is 15.9. The van der Waals surface area contributed by atoms with E-state index in [0.29, 0.717) is 36.2 Å². The van der Waals surface area contributed by atoms with E-state index in [2.05, 4.69) is 5.32 Å². The zero-order valence-corrected chi connectivity index (χ0v) is 14.2. The zero-order valence-electron chi connectivity index (χ0n) is 12.6. The summed E-state index contributed by atoms with van der Waals surface area (Å²) in [5.41, 5.74) is 0. The highest BCUT2D eigenvalue weighted by atomic mass is 35.5. The molecule has 1 fully saturated rings. The highest BCUT2D eigenvalue weighted by molar-refractivity contribution is 7.84. The molecular formula is C15H21ClN2O3S. The van der Waals surface area contributed by atoms with Crippen LogP contribution in [0.5, 0.6) is 5.75 Å². The maximum Gasteiger partial charge on any atom is 0.317 e. The number of carbonyl (C=O) groups excluding carboxylic acids is 1. The Morgan fingerprint density at radius 3 is 2.73 bits per heavy atom. The minimum Gasteiger partial charge on any atom is -0.489 e. The predicted molar refractivity (Wildman–Crippen MR) is 89.0 cm³/mol. The van der Waals surface area contributed by atoms with E-state index in [9.17, 15) is 9.00 Å². The van der Waals surface area contributed by atoms with Crippen LogP contribution in [-0.4, -0.2) is 52.9 Å². The number of urea groups is 1. The van der Waals surface area contributed by atoms with Gasteiger partial charge in [0.25, 0.3) is 0 Å². The van der Waals surface area contributed by atoms with E-state index < -0.39 is 10.8 Å². The summed E-state index contributed by atoms with van der Waals surface area (Å²) in [6.07, 6.45) is 3.26. The molecular weight excluding hydrogens is 324 g/mol. The molecule has 0 radical (unpaired) electrons. The van der Waals surface area contributed by atoms with Crippen molar-refractivity contribution in [1.29, 1.82) is 0 Å². The lowest BCUT2D eigenvalue weighted by Crippen LogP contribution is -2.47. The molecule has 0 unspecified atom stereocenters. The normalized spacial score (nSPS) is 17.1. The first-order chi connectivity index (χ1) is 10.6. The van der Waals surface area contributed by atoms with Crippen LogP contribution >= 0.6 is 11.6 Å². The summed E-state index contributed by atoms with van der Waals surface area (Å²) in [6, 6.07) is 7.32. The number of hydrogen-bond donors (Lipinski definition) is 1. The first-order valence-corrected chi connectivity index (χ1v) is 9.41. The van der Waals surface area contributed by atoms with E-state index >= 15 is 0 Å². The Morgan fingerprint density at radius 1 is 1.41 bits per heavy atom. The Balaban J connectivity index is 1.74. The standard InChI is InChI=1S/C15H21ClN2O3S/c1-22(20)11-8-17-15(19)18-9-6-12(7-10-18)21-14-5-3-2-4-13(14)16/h2-5,12H,6-11H2,1H3,(H,17,19)/t22-/m0/s1. The quantitative estimate of drug-likeness (QED) is 0.891. The average molecular weight is 345 g/mol. The third-order valence-corrected chi connectivity index (χ3v) is 4.62. The number of hydrogen-bond acceptors (Lipinski definition) is 3. The monoisotopic (exact) mass is 344 g/mol. The summed E-state index contributed by atoms with van der Waals surface area (Å²) in [6.45, 7) is 1.74. The Morgan fingerprint density at radius 2 is 2.09 bits per heavy atom. The minimum absolute atomic E-state index is 0.0760. The van der Waals surface area contributed by atoms with Gasteiger partial charge in [-0.2, -0.15) is 0 Å². The Labute approximate surface area is 138 Å². The molecule has 1 N–H and O–H groups in total. The predicted octanol–water partition coefficient (Wildman–Crippen LogP) is 2.27. The fourth-order valence-corrected chi connectivity index (χ4v) is 2.88. The van der Waals surface area contributed by atoms with Crippen molar-refractivity contribution in [2.75, 3.05) is 31.6 Å². The highest BCUT2D eigenvalue weighted by Gasteiger charge is 2.24. The number of carbonyl (C=O) groups is 1. The largest absolute Gasteiger partial charge is 0.489 e. The smallest absolute Gasteiger partial charge is 0.317 e. The van der Waals surface area contributed by atoms with Crippen molar-refractivity contribution in [2.45, 2.75) is 18.9 Å². The molecule has 22 heavy (non-hydrogen) atoms. The topological polar surface area (TPSA) is 58.6 Å². The Hall–Kier alpha value is -1.27. The molecule has 1 aromatic carbocycles. The van der Waals surface area contributed by atoms with Crippen molar-refractivity contribution in [2.24, 2.45) is 0 Å². The molecule has 0 aliphatic carbocycles. The van der Waals surface area contributed by atoms with Gasteiger partial charge in [0.1, 0.15) is 11.9 Å². The van der Waals surface area contributed by atoms with E-state index in [1.165, 1.54) is 0 Å². The van der Waals surface area contributed by atoms with E-state index in [1.54, 1.807) is 17.2 Å². The van der Waals surface area contributed by atoms with Crippen molar-refractivity contribution < 1.29 is 13.7 Å². The van der Waals surface area contributed by atoms with Gasteiger partial charge in [-0.1, -0.05) is 23.7 Å². The summed E-state index contributed by atoms with van der Waals surface area (Å²) in [4.78, 5) is 13.7. The van der Waals surface area contributed by atoms with Crippen LogP contribution in [0.15, 0.2) is 24.3 Å². The highest BCUT2D eigenvalue weighted by Crippen LogP contribution is 2.26. The van der Waals surface area contributed by atoms with Crippen molar-refractivity contribution in [3.05, 3.63) is 29.3 Å². The molecule has 122 valence electrons. The van der Waals surface area contributed by atoms with Gasteiger partial charge in [0.05, 0.1) is 5.02 Å². The van der Waals surface area contributed by atoms with Gasteiger partial charge in [0.2, 0.25) is 0 Å². The van der Waals surface area contributed by atoms with Crippen LogP contribution in [-0.2, 0) is 10.8 Å². The average Bonchev–Trinajstić information content (AvgIpc) is 2.50. The van der Waals surface area contributed by atoms with Crippen LogP contribution in [0.2, 0.25) is 5.02 Å². The summed E-state index contributed by atoms with van der Waals surface area (Å²) < 4.78 is 16.9. The van der Waals surface area contributed by atoms with Gasteiger partial charge < -0.3 is 15.0 Å². The van der Waals surface area contributed by atoms with Gasteiger partial charge >= 0.3 is 6.03 Å². The number of para-hydroxylation sites is 1. The lowest BCUT2D eigenvalue weighted by atomic mass is 10.1. The number of amides is 2. The number of nitrogens with one attached hydrogen (secondary N) is 1. The number of halogens is 1. The van der Waals surface area contributed by atoms with Gasteiger partial charge in [0.15, 0.2) is 0 Å². The maximum atomic E-state index is 12.0. The van der Waals surface area contributed by atoms with Crippen molar-refractivity contribution in [3.63, 3.8) is 0 Å². The number of rotatable bonds is 5. The second-order valence-corrected chi connectivity index (χ2v) is 7.21. The first-order valence-electron chi connectivity index (χ1n) is 7.30. The lowest BCUT2D eigenvalue weighted by molar-refractivity contribution is 0.111. The van der Waals surface area contributed by atoms with E-state index in [4.69, 9.17) is 16.3 Å². The van der Waals surface area contributed by atoms with Gasteiger partial charge in [-0.05, 0) is 12.1 Å². The van der Waals surface area contributed by atoms with E-state index in [-0.39, 0.29) is 12.1 Å². The summed E-state index contributed by atoms with van der Waals surface area (Å²) in [5.74, 6) is 1.18. The number of piperidine rings is 1. The molecule has 1 saturated heterocycles. The first kappa shape index (κ1) is 17.1. The number of nitrogens with zero attached hydrogens (tertiary/aromatic N) is 1. The van der Waals surface area contributed by atoms with Crippen LogP contribution in [0.4, 0.5) is 4.79 Å². The summed E-state index contributed by atoms with van der Waals surface area (Å²) >= 11 is 6.08. The molecule has 1 atom stereocenters. The molecule has 0 saturated carbocycles. The molecule has 2 rings (SSSR count). The second-order valence-electron chi connectivity index (χ2n) is 5.24. The molecule has 1 aliphatic heterocycles. The molecule has 5 nitrogen and oxygen atoms in total. The van der Waals surface area contributed by atoms with Crippen LogP contribution in [0, 0.1) is 0 Å². The third kappa shape index (κ3) is 5.18. The Bertz CT molecular complexity index is 533. The molecule has 7 heteroatoms. The molecule has 1 aliphatic rings. The van der Waals surface area contributed by atoms with Crippen molar-refractivity contribution in [3.8, 4) is 5.75 Å². The summed E-state index contributed by atoms with van der Waals surface area (Å²) in [5, 5.41) is 3.40. The van der Waals surface area contributed by atoms with Gasteiger partial charge in [-0.15, -0.1) is 0 Å². The van der Waals surface area contributed by atoms with Gasteiger partial charge in [-0.25, -0.2) is 4.79 Å². The number of likely N-dealkylation sites (tertiary alicyclic amines) is 1. The van der Waals surface area contributed by atoms with E-state index in [0.717, 1.165) is 12.8 Å². The van der Waals surface area contributed by atoms with E-state index in [1.807, 2.05) is 18.2 Å². The number of benzene rings is 1. The maximum absolute atomic E-state index is 12.0. The fraction of sp³-hybridized carbons (Fsp3) is 0.533. The molecule has 0 spiro atoms. The molecule has 0 bridgehead atoms. The van der Waals surface area contributed by atoms with Crippen LogP contribution in [0.25, 0.3) is 0 Å². The van der Waals surface area contributed by atoms with Crippen LogP contribution in [0.3, 0.4) is 0 Å². The van der Waals surface area contributed by atoms with Crippen molar-refractivity contribution >= 4 is 28.4 Å². The number of ether oxygens (including phenoxy) is 1. The lowest BCUT2D eigenvalue weighted by Gasteiger charge is -2.32.